The van der Waals surface area contributed by atoms with Crippen molar-refractivity contribution < 1.29 is 9.18 Å². The van der Waals surface area contributed by atoms with E-state index in [9.17, 15) is 9.18 Å². The van der Waals surface area contributed by atoms with Gasteiger partial charge in [0.25, 0.3) is 0 Å². The SMILES string of the molecule is Cc1cc(F)ccc1NC(=O)C(C)C1CNC1.Cl. The predicted molar refractivity (Wildman–Crippen MR) is 72.5 cm³/mol. The van der Waals surface area contributed by atoms with Crippen molar-refractivity contribution in [3.05, 3.63) is 29.6 Å². The third-order valence-electron chi connectivity index (χ3n) is 3.38. The number of nitrogens with one attached hydrogen (secondary N) is 2. The summed E-state index contributed by atoms with van der Waals surface area (Å²) in [7, 11) is 0. The van der Waals surface area contributed by atoms with Gasteiger partial charge in [-0.2, -0.15) is 0 Å². The molecule has 5 heteroatoms. The minimum Gasteiger partial charge on any atom is -0.326 e. The summed E-state index contributed by atoms with van der Waals surface area (Å²) in [5.41, 5.74) is 1.44. The van der Waals surface area contributed by atoms with Crippen LogP contribution in [0.3, 0.4) is 0 Å². The first-order valence-electron chi connectivity index (χ1n) is 5.85. The van der Waals surface area contributed by atoms with E-state index in [-0.39, 0.29) is 30.0 Å². The summed E-state index contributed by atoms with van der Waals surface area (Å²) in [5.74, 6) is 0.124. The molecular formula is C13H18ClFN2O. The van der Waals surface area contributed by atoms with E-state index >= 15 is 0 Å². The maximum atomic E-state index is 12.9. The van der Waals surface area contributed by atoms with Gasteiger partial charge in [-0.05, 0) is 49.7 Å². The number of halogens is 2. The highest BCUT2D eigenvalue weighted by Crippen LogP contribution is 2.20. The van der Waals surface area contributed by atoms with Crippen LogP contribution in [0.4, 0.5) is 10.1 Å². The largest absolute Gasteiger partial charge is 0.326 e. The Morgan fingerprint density at radius 3 is 2.67 bits per heavy atom. The fraction of sp³-hybridized carbons (Fsp3) is 0.462. The van der Waals surface area contributed by atoms with Crippen LogP contribution >= 0.6 is 12.4 Å². The maximum Gasteiger partial charge on any atom is 0.227 e. The number of aryl methyl sites for hydroxylation is 1. The minimum atomic E-state index is -0.281. The van der Waals surface area contributed by atoms with Crippen molar-refractivity contribution in [1.82, 2.24) is 5.32 Å². The Balaban J connectivity index is 0.00000162. The standard InChI is InChI=1S/C13H17FN2O.ClH/c1-8-5-11(14)3-4-12(8)16-13(17)9(2)10-6-15-7-10;/h3-5,9-10,15H,6-7H2,1-2H3,(H,16,17);1H. The monoisotopic (exact) mass is 272 g/mol. The van der Waals surface area contributed by atoms with Crippen molar-refractivity contribution >= 4 is 24.0 Å². The summed E-state index contributed by atoms with van der Waals surface area (Å²) in [6, 6.07) is 4.39. The highest BCUT2D eigenvalue weighted by atomic mass is 35.5. The quantitative estimate of drug-likeness (QED) is 0.887. The fourth-order valence-corrected chi connectivity index (χ4v) is 1.89. The lowest BCUT2D eigenvalue weighted by Crippen LogP contribution is -2.48. The number of benzene rings is 1. The molecule has 18 heavy (non-hydrogen) atoms. The summed E-state index contributed by atoms with van der Waals surface area (Å²) < 4.78 is 12.9. The van der Waals surface area contributed by atoms with Crippen LogP contribution in [0.2, 0.25) is 0 Å². The van der Waals surface area contributed by atoms with Crippen molar-refractivity contribution in [2.75, 3.05) is 18.4 Å². The molecule has 0 aliphatic carbocycles. The summed E-state index contributed by atoms with van der Waals surface area (Å²) >= 11 is 0. The molecule has 1 aromatic carbocycles. The third-order valence-corrected chi connectivity index (χ3v) is 3.38. The second-order valence-corrected chi connectivity index (χ2v) is 4.66. The Hall–Kier alpha value is -1.13. The van der Waals surface area contributed by atoms with Crippen LogP contribution in [0.15, 0.2) is 18.2 Å². The zero-order chi connectivity index (χ0) is 12.4. The van der Waals surface area contributed by atoms with Gasteiger partial charge in [-0.15, -0.1) is 12.4 Å². The molecule has 2 N–H and O–H groups in total. The smallest absolute Gasteiger partial charge is 0.227 e. The van der Waals surface area contributed by atoms with Crippen LogP contribution in [-0.2, 0) is 4.79 Å². The van der Waals surface area contributed by atoms with Gasteiger partial charge in [-0.3, -0.25) is 4.79 Å². The number of hydrogen-bond acceptors (Lipinski definition) is 2. The number of carbonyl (C=O) groups is 1. The fourth-order valence-electron chi connectivity index (χ4n) is 1.89. The van der Waals surface area contributed by atoms with Gasteiger partial charge in [0, 0.05) is 11.6 Å². The molecule has 2 rings (SSSR count). The third kappa shape index (κ3) is 3.21. The minimum absolute atomic E-state index is 0. The average molecular weight is 273 g/mol. The second kappa shape index (κ2) is 6.16. The highest BCUT2D eigenvalue weighted by Gasteiger charge is 2.28. The maximum absolute atomic E-state index is 12.9. The van der Waals surface area contributed by atoms with E-state index in [2.05, 4.69) is 10.6 Å². The van der Waals surface area contributed by atoms with E-state index in [4.69, 9.17) is 0 Å². The summed E-state index contributed by atoms with van der Waals surface area (Å²) in [6.07, 6.45) is 0. The second-order valence-electron chi connectivity index (χ2n) is 4.66. The molecule has 1 unspecified atom stereocenters. The lowest BCUT2D eigenvalue weighted by molar-refractivity contribution is -0.121. The number of hydrogen-bond donors (Lipinski definition) is 2. The van der Waals surface area contributed by atoms with Crippen LogP contribution in [0, 0.1) is 24.6 Å². The molecule has 1 heterocycles. The molecule has 0 aromatic heterocycles. The van der Waals surface area contributed by atoms with E-state index in [1.807, 2.05) is 6.92 Å². The van der Waals surface area contributed by atoms with E-state index in [1.54, 1.807) is 13.0 Å². The molecule has 1 atom stereocenters. The Morgan fingerprint density at radius 2 is 2.17 bits per heavy atom. The summed E-state index contributed by atoms with van der Waals surface area (Å²) in [6.45, 7) is 5.52. The Morgan fingerprint density at radius 1 is 1.50 bits per heavy atom. The van der Waals surface area contributed by atoms with Gasteiger partial charge < -0.3 is 10.6 Å². The van der Waals surface area contributed by atoms with Crippen LogP contribution in [0.5, 0.6) is 0 Å². The average Bonchev–Trinajstić information content (AvgIpc) is 2.19. The highest BCUT2D eigenvalue weighted by molar-refractivity contribution is 5.93. The van der Waals surface area contributed by atoms with Gasteiger partial charge >= 0.3 is 0 Å². The normalized spacial score (nSPS) is 16.4. The van der Waals surface area contributed by atoms with Crippen molar-refractivity contribution in [3.63, 3.8) is 0 Å². The first-order chi connectivity index (χ1) is 8.08. The Kier molecular flexibility index (Phi) is 5.11. The zero-order valence-electron chi connectivity index (χ0n) is 10.5. The molecule has 1 saturated heterocycles. The number of carbonyl (C=O) groups excluding carboxylic acids is 1. The first-order valence-corrected chi connectivity index (χ1v) is 5.85. The molecule has 1 aliphatic heterocycles. The zero-order valence-corrected chi connectivity index (χ0v) is 11.3. The molecule has 0 radical (unpaired) electrons. The molecule has 0 bridgehead atoms. The van der Waals surface area contributed by atoms with Crippen LogP contribution < -0.4 is 10.6 Å². The molecule has 0 saturated carbocycles. The summed E-state index contributed by atoms with van der Waals surface area (Å²) in [5, 5.41) is 6.00. The van der Waals surface area contributed by atoms with Gasteiger partial charge in [0.05, 0.1) is 0 Å². The molecule has 1 fully saturated rings. The van der Waals surface area contributed by atoms with Gasteiger partial charge in [-0.25, -0.2) is 4.39 Å². The van der Waals surface area contributed by atoms with E-state index in [0.29, 0.717) is 11.6 Å². The number of anilines is 1. The van der Waals surface area contributed by atoms with Gasteiger partial charge in [0.15, 0.2) is 0 Å². The van der Waals surface area contributed by atoms with Crippen LogP contribution in [-0.4, -0.2) is 19.0 Å². The van der Waals surface area contributed by atoms with E-state index in [0.717, 1.165) is 18.7 Å². The van der Waals surface area contributed by atoms with Gasteiger partial charge in [0.2, 0.25) is 5.91 Å². The van der Waals surface area contributed by atoms with Crippen molar-refractivity contribution in [2.45, 2.75) is 13.8 Å². The van der Waals surface area contributed by atoms with Gasteiger partial charge in [-0.1, -0.05) is 6.92 Å². The molecule has 3 nitrogen and oxygen atoms in total. The molecule has 1 amide bonds. The first kappa shape index (κ1) is 14.9. The number of amides is 1. The lowest BCUT2D eigenvalue weighted by Gasteiger charge is -2.31. The van der Waals surface area contributed by atoms with E-state index < -0.39 is 0 Å². The van der Waals surface area contributed by atoms with Crippen molar-refractivity contribution in [2.24, 2.45) is 11.8 Å². The Bertz CT molecular complexity index is 435. The van der Waals surface area contributed by atoms with Crippen molar-refractivity contribution in [1.29, 1.82) is 0 Å². The summed E-state index contributed by atoms with van der Waals surface area (Å²) in [4.78, 5) is 12.0. The molecule has 1 aromatic rings. The predicted octanol–water partition coefficient (Wildman–Crippen LogP) is 2.35. The molecule has 1 aliphatic rings. The Labute approximate surface area is 113 Å². The van der Waals surface area contributed by atoms with E-state index in [1.165, 1.54) is 12.1 Å². The van der Waals surface area contributed by atoms with Crippen molar-refractivity contribution in [3.8, 4) is 0 Å². The van der Waals surface area contributed by atoms with Crippen LogP contribution in [0.1, 0.15) is 12.5 Å². The van der Waals surface area contributed by atoms with Gasteiger partial charge in [0.1, 0.15) is 5.82 Å². The lowest BCUT2D eigenvalue weighted by atomic mass is 9.88. The molecule has 100 valence electrons. The number of rotatable bonds is 3. The molecule has 0 spiro atoms. The topological polar surface area (TPSA) is 41.1 Å². The molecular weight excluding hydrogens is 255 g/mol. The van der Waals surface area contributed by atoms with Crippen LogP contribution in [0.25, 0.3) is 0 Å².